The van der Waals surface area contributed by atoms with Crippen LogP contribution in [0.2, 0.25) is 5.02 Å². The third-order valence-corrected chi connectivity index (χ3v) is 4.62. The first-order valence-corrected chi connectivity index (χ1v) is 9.24. The monoisotopic (exact) mass is 405 g/mol. The van der Waals surface area contributed by atoms with Crippen molar-refractivity contribution in [2.75, 3.05) is 43.6 Å². The van der Waals surface area contributed by atoms with Gasteiger partial charge in [-0.25, -0.2) is 0 Å². The molecule has 0 spiro atoms. The van der Waals surface area contributed by atoms with Crippen molar-refractivity contribution in [3.05, 3.63) is 53.1 Å². The first-order valence-electron chi connectivity index (χ1n) is 8.45. The molecule has 2 N–H and O–H groups in total. The Morgan fingerprint density at radius 1 is 1.22 bits per heavy atom. The summed E-state index contributed by atoms with van der Waals surface area (Å²) in [6.45, 7) is 3.00. The number of benzene rings is 2. The lowest BCUT2D eigenvalue weighted by molar-refractivity contribution is 0.0977. The van der Waals surface area contributed by atoms with Crippen LogP contribution < -0.4 is 20.3 Å². The van der Waals surface area contributed by atoms with Gasteiger partial charge in [0, 0.05) is 24.3 Å². The summed E-state index contributed by atoms with van der Waals surface area (Å²) in [5.41, 5.74) is 2.11. The van der Waals surface area contributed by atoms with Crippen LogP contribution in [0.15, 0.2) is 42.5 Å². The molecule has 1 fully saturated rings. The van der Waals surface area contributed by atoms with E-state index in [4.69, 9.17) is 33.3 Å². The van der Waals surface area contributed by atoms with E-state index in [1.54, 1.807) is 37.4 Å². The van der Waals surface area contributed by atoms with Crippen LogP contribution in [0.1, 0.15) is 10.4 Å². The van der Waals surface area contributed by atoms with Crippen LogP contribution in [0.5, 0.6) is 5.75 Å². The molecule has 0 bridgehead atoms. The number of nitrogens with zero attached hydrogens (tertiary/aromatic N) is 1. The Labute approximate surface area is 168 Å². The summed E-state index contributed by atoms with van der Waals surface area (Å²) in [6, 6.07) is 12.4. The van der Waals surface area contributed by atoms with Gasteiger partial charge in [0.1, 0.15) is 5.75 Å². The van der Waals surface area contributed by atoms with Crippen molar-refractivity contribution in [1.29, 1.82) is 0 Å². The molecule has 1 aliphatic rings. The number of halogens is 1. The van der Waals surface area contributed by atoms with Gasteiger partial charge >= 0.3 is 0 Å². The molecule has 3 rings (SSSR count). The molecule has 0 atom stereocenters. The normalized spacial score (nSPS) is 13.8. The van der Waals surface area contributed by atoms with Gasteiger partial charge in [0.15, 0.2) is 5.11 Å². The molecule has 27 heavy (non-hydrogen) atoms. The number of hydrogen-bond donors (Lipinski definition) is 2. The Morgan fingerprint density at radius 3 is 2.70 bits per heavy atom. The van der Waals surface area contributed by atoms with Gasteiger partial charge in [-0.3, -0.25) is 10.1 Å². The Bertz CT molecular complexity index is 841. The van der Waals surface area contributed by atoms with E-state index in [1.165, 1.54) is 0 Å². The molecule has 1 amide bonds. The third-order valence-electron chi connectivity index (χ3n) is 4.12. The molecule has 1 heterocycles. The summed E-state index contributed by atoms with van der Waals surface area (Å²) in [5, 5.41) is 6.44. The Hall–Kier alpha value is -2.35. The van der Waals surface area contributed by atoms with E-state index < -0.39 is 0 Å². The molecule has 8 heteroatoms. The van der Waals surface area contributed by atoms with Crippen molar-refractivity contribution in [2.24, 2.45) is 0 Å². The van der Waals surface area contributed by atoms with Crippen molar-refractivity contribution in [3.8, 4) is 5.75 Å². The number of thiocarbonyl (C=S) groups is 1. The Morgan fingerprint density at radius 2 is 2.00 bits per heavy atom. The molecule has 0 aliphatic carbocycles. The van der Waals surface area contributed by atoms with Gasteiger partial charge in [-0.05, 0) is 48.6 Å². The maximum Gasteiger partial charge on any atom is 0.257 e. The highest BCUT2D eigenvalue weighted by atomic mass is 35.5. The van der Waals surface area contributed by atoms with E-state index in [9.17, 15) is 4.79 Å². The van der Waals surface area contributed by atoms with Crippen molar-refractivity contribution < 1.29 is 14.3 Å². The molecule has 142 valence electrons. The predicted molar refractivity (Wildman–Crippen MR) is 111 cm³/mol. The van der Waals surface area contributed by atoms with Gasteiger partial charge in [-0.2, -0.15) is 0 Å². The molecule has 6 nitrogen and oxygen atoms in total. The molecule has 0 unspecified atom stereocenters. The second-order valence-corrected chi connectivity index (χ2v) is 6.72. The average Bonchev–Trinajstić information content (AvgIpc) is 2.68. The summed E-state index contributed by atoms with van der Waals surface area (Å²) in [7, 11) is 1.55. The van der Waals surface area contributed by atoms with Gasteiger partial charge in [-0.15, -0.1) is 0 Å². The summed E-state index contributed by atoms with van der Waals surface area (Å²) in [4.78, 5) is 14.5. The smallest absolute Gasteiger partial charge is 0.257 e. The molecule has 2 aromatic carbocycles. The summed E-state index contributed by atoms with van der Waals surface area (Å²) in [5.74, 6) is 0.287. The number of amides is 1. The lowest BCUT2D eigenvalue weighted by Crippen LogP contribution is -2.36. The molecule has 1 aliphatic heterocycles. The van der Waals surface area contributed by atoms with E-state index in [0.29, 0.717) is 35.2 Å². The summed E-state index contributed by atoms with van der Waals surface area (Å²) in [6.07, 6.45) is 0. The molecule has 1 saturated heterocycles. The highest BCUT2D eigenvalue weighted by molar-refractivity contribution is 7.80. The first-order chi connectivity index (χ1) is 13.1. The molecular weight excluding hydrogens is 386 g/mol. The summed E-state index contributed by atoms with van der Waals surface area (Å²) < 4.78 is 10.5. The van der Waals surface area contributed by atoms with Crippen LogP contribution in [0, 0.1) is 0 Å². The van der Waals surface area contributed by atoms with Crippen LogP contribution in [0.25, 0.3) is 0 Å². The van der Waals surface area contributed by atoms with Crippen molar-refractivity contribution in [1.82, 2.24) is 5.32 Å². The number of hydrogen-bond acceptors (Lipinski definition) is 5. The van der Waals surface area contributed by atoms with E-state index in [0.717, 1.165) is 18.8 Å². The molecule has 0 radical (unpaired) electrons. The molecule has 0 saturated carbocycles. The average molecular weight is 406 g/mol. The quantitative estimate of drug-likeness (QED) is 0.761. The lowest BCUT2D eigenvalue weighted by Gasteiger charge is -2.29. The zero-order valence-electron chi connectivity index (χ0n) is 14.8. The zero-order valence-corrected chi connectivity index (χ0v) is 16.4. The van der Waals surface area contributed by atoms with Crippen LogP contribution >= 0.6 is 23.8 Å². The van der Waals surface area contributed by atoms with Gasteiger partial charge in [0.2, 0.25) is 0 Å². The van der Waals surface area contributed by atoms with E-state index in [-0.39, 0.29) is 11.0 Å². The number of methoxy groups -OCH3 is 1. The molecule has 2 aromatic rings. The van der Waals surface area contributed by atoms with Crippen LogP contribution in [-0.4, -0.2) is 44.4 Å². The van der Waals surface area contributed by atoms with Crippen molar-refractivity contribution in [3.63, 3.8) is 0 Å². The van der Waals surface area contributed by atoms with E-state index in [1.807, 2.05) is 12.1 Å². The predicted octanol–water partition coefficient (Wildman–Crippen LogP) is 3.31. The summed E-state index contributed by atoms with van der Waals surface area (Å²) >= 11 is 11.6. The Balaban J connectivity index is 1.61. The third kappa shape index (κ3) is 5.09. The number of nitrogens with one attached hydrogen (secondary N) is 2. The minimum atomic E-state index is -0.317. The minimum absolute atomic E-state index is 0.193. The SMILES string of the molecule is COc1cccc(C(=O)NC(=S)Nc2ccc(N3CCOCC3)c(Cl)c2)c1. The number of ether oxygens (including phenoxy) is 2. The number of carbonyl (C=O) groups is 1. The number of morpholine rings is 1. The largest absolute Gasteiger partial charge is 0.497 e. The fraction of sp³-hybridized carbons (Fsp3) is 0.263. The second-order valence-electron chi connectivity index (χ2n) is 5.91. The lowest BCUT2D eigenvalue weighted by atomic mass is 10.2. The minimum Gasteiger partial charge on any atom is -0.497 e. The van der Waals surface area contributed by atoms with E-state index in [2.05, 4.69) is 15.5 Å². The molecule has 0 aromatic heterocycles. The Kier molecular flexibility index (Phi) is 6.49. The fourth-order valence-corrected chi connectivity index (χ4v) is 3.26. The van der Waals surface area contributed by atoms with Crippen LogP contribution in [0.4, 0.5) is 11.4 Å². The first kappa shape index (κ1) is 19.4. The second kappa shape index (κ2) is 9.03. The standard InChI is InChI=1S/C19H20ClN3O3S/c1-25-15-4-2-3-13(11-15)18(24)22-19(27)21-14-5-6-17(16(20)12-14)23-7-9-26-10-8-23/h2-6,11-12H,7-10H2,1H3,(H2,21,22,24,27). The maximum atomic E-state index is 12.3. The van der Waals surface area contributed by atoms with Gasteiger partial charge in [-0.1, -0.05) is 17.7 Å². The van der Waals surface area contributed by atoms with Gasteiger partial charge < -0.3 is 19.7 Å². The van der Waals surface area contributed by atoms with Crippen molar-refractivity contribution >= 4 is 46.2 Å². The van der Waals surface area contributed by atoms with Crippen LogP contribution in [0.3, 0.4) is 0 Å². The highest BCUT2D eigenvalue weighted by Crippen LogP contribution is 2.29. The van der Waals surface area contributed by atoms with E-state index >= 15 is 0 Å². The van der Waals surface area contributed by atoms with Gasteiger partial charge in [0.25, 0.3) is 5.91 Å². The maximum absolute atomic E-state index is 12.3. The van der Waals surface area contributed by atoms with Gasteiger partial charge in [0.05, 0.1) is 31.0 Å². The molecular formula is C19H20ClN3O3S. The zero-order chi connectivity index (χ0) is 19.2. The number of anilines is 2. The van der Waals surface area contributed by atoms with Crippen LogP contribution in [-0.2, 0) is 4.74 Å². The number of rotatable bonds is 4. The highest BCUT2D eigenvalue weighted by Gasteiger charge is 2.15. The van der Waals surface area contributed by atoms with Crippen molar-refractivity contribution in [2.45, 2.75) is 0 Å². The topological polar surface area (TPSA) is 62.8 Å². The fourth-order valence-electron chi connectivity index (χ4n) is 2.75. The number of carbonyl (C=O) groups excluding carboxylic acids is 1.